The van der Waals surface area contributed by atoms with E-state index >= 15 is 0 Å². The van der Waals surface area contributed by atoms with Crippen molar-refractivity contribution in [1.29, 1.82) is 5.41 Å². The van der Waals surface area contributed by atoms with E-state index in [-0.39, 0.29) is 13.2 Å². The summed E-state index contributed by atoms with van der Waals surface area (Å²) in [7, 11) is 0. The maximum Gasteiger partial charge on any atom is 0.0662 e. The first kappa shape index (κ1) is 11.4. The zero-order valence-electron chi connectivity index (χ0n) is 6.02. The second-order valence-corrected chi connectivity index (χ2v) is 1.58. The average molecular weight is 133 g/mol. The molecule has 0 unspecified atom stereocenters. The molecule has 9 heavy (non-hydrogen) atoms. The lowest BCUT2D eigenvalue weighted by Crippen LogP contribution is -1.85. The van der Waals surface area contributed by atoms with Gasteiger partial charge in [0.05, 0.1) is 13.2 Å². The predicted octanol–water partition coefficient (Wildman–Crippen LogP) is 0.407. The lowest BCUT2D eigenvalue weighted by Gasteiger charge is -1.77. The molecule has 0 aliphatic carbocycles. The number of aliphatic hydroxyl groups is 2. The van der Waals surface area contributed by atoms with Crippen LogP contribution in [0.2, 0.25) is 0 Å². The molecule has 3 heteroatoms. The van der Waals surface area contributed by atoms with Crippen molar-refractivity contribution in [3.63, 3.8) is 0 Å². The SMILES string of the molecule is CCC(C)=N.OCCO. The Morgan fingerprint density at radius 2 is 1.56 bits per heavy atom. The fraction of sp³-hybridized carbons (Fsp3) is 0.833. The zero-order chi connectivity index (χ0) is 7.70. The Morgan fingerprint density at radius 1 is 1.33 bits per heavy atom. The molecule has 0 fully saturated rings. The van der Waals surface area contributed by atoms with Gasteiger partial charge in [-0.2, -0.15) is 0 Å². The van der Waals surface area contributed by atoms with Crippen LogP contribution in [0.3, 0.4) is 0 Å². The van der Waals surface area contributed by atoms with E-state index in [0.29, 0.717) is 0 Å². The highest BCUT2D eigenvalue weighted by molar-refractivity contribution is 5.77. The summed E-state index contributed by atoms with van der Waals surface area (Å²) in [5.74, 6) is 0. The van der Waals surface area contributed by atoms with Gasteiger partial charge in [0.15, 0.2) is 0 Å². The van der Waals surface area contributed by atoms with E-state index in [0.717, 1.165) is 12.1 Å². The third-order valence-electron chi connectivity index (χ3n) is 0.630. The molecule has 0 aromatic heterocycles. The Bertz CT molecular complexity index is 62.1. The molecular weight excluding hydrogens is 118 g/mol. The third kappa shape index (κ3) is 35.4. The van der Waals surface area contributed by atoms with Crippen LogP contribution in [-0.2, 0) is 0 Å². The van der Waals surface area contributed by atoms with Crippen LogP contribution in [0.15, 0.2) is 0 Å². The van der Waals surface area contributed by atoms with E-state index in [2.05, 4.69) is 0 Å². The first-order valence-corrected chi connectivity index (χ1v) is 2.94. The van der Waals surface area contributed by atoms with Gasteiger partial charge < -0.3 is 15.6 Å². The predicted molar refractivity (Wildman–Crippen MR) is 37.9 cm³/mol. The molecule has 0 radical (unpaired) electrons. The van der Waals surface area contributed by atoms with Gasteiger partial charge in [0.1, 0.15) is 0 Å². The minimum absolute atomic E-state index is 0.125. The summed E-state index contributed by atoms with van der Waals surface area (Å²) in [6.07, 6.45) is 0.889. The van der Waals surface area contributed by atoms with E-state index in [1.54, 1.807) is 6.92 Å². The van der Waals surface area contributed by atoms with Crippen LogP contribution in [0.5, 0.6) is 0 Å². The van der Waals surface area contributed by atoms with Gasteiger partial charge in [-0.15, -0.1) is 0 Å². The van der Waals surface area contributed by atoms with Gasteiger partial charge in [-0.3, -0.25) is 0 Å². The standard InChI is InChI=1S/C4H9N.C2H6O2/c1-3-4(2)5;3-1-2-4/h5H,3H2,1-2H3;3-4H,1-2H2. The second-order valence-electron chi connectivity index (χ2n) is 1.58. The molecule has 0 bridgehead atoms. The van der Waals surface area contributed by atoms with Crippen LogP contribution < -0.4 is 0 Å². The fourth-order valence-corrected chi connectivity index (χ4v) is 0. The van der Waals surface area contributed by atoms with Crippen molar-refractivity contribution < 1.29 is 10.2 Å². The highest BCUT2D eigenvalue weighted by Gasteiger charge is 1.70. The Morgan fingerprint density at radius 3 is 1.56 bits per heavy atom. The molecule has 0 spiro atoms. The number of aliphatic hydroxyl groups excluding tert-OH is 2. The maximum atomic E-state index is 7.62. The van der Waals surface area contributed by atoms with Gasteiger partial charge in [0.25, 0.3) is 0 Å². The van der Waals surface area contributed by atoms with Crippen molar-refractivity contribution in [2.24, 2.45) is 0 Å². The smallest absolute Gasteiger partial charge is 0.0662 e. The van der Waals surface area contributed by atoms with Crippen LogP contribution in [0, 0.1) is 5.41 Å². The van der Waals surface area contributed by atoms with Crippen LogP contribution >= 0.6 is 0 Å². The Labute approximate surface area is 55.8 Å². The quantitative estimate of drug-likeness (QED) is 0.477. The Balaban J connectivity index is 0. The lowest BCUT2D eigenvalue weighted by atomic mass is 10.3. The van der Waals surface area contributed by atoms with E-state index in [9.17, 15) is 0 Å². The van der Waals surface area contributed by atoms with Gasteiger partial charge >= 0.3 is 0 Å². The molecular formula is C6H15NO2. The van der Waals surface area contributed by atoms with Crippen molar-refractivity contribution >= 4 is 5.71 Å². The van der Waals surface area contributed by atoms with Crippen LogP contribution in [-0.4, -0.2) is 29.1 Å². The molecule has 0 aliphatic rings. The topological polar surface area (TPSA) is 64.3 Å². The molecule has 0 amide bonds. The molecule has 0 aliphatic heterocycles. The molecule has 0 heterocycles. The Kier molecular flexibility index (Phi) is 13.4. The molecule has 0 aromatic rings. The normalized spacial score (nSPS) is 7.56. The molecule has 0 saturated heterocycles. The molecule has 3 nitrogen and oxygen atoms in total. The van der Waals surface area contributed by atoms with Crippen molar-refractivity contribution in [3.05, 3.63) is 0 Å². The minimum Gasteiger partial charge on any atom is -0.394 e. The van der Waals surface area contributed by atoms with E-state index in [1.807, 2.05) is 6.92 Å². The summed E-state index contributed by atoms with van der Waals surface area (Å²) in [6.45, 7) is 3.53. The van der Waals surface area contributed by atoms with Crippen molar-refractivity contribution in [3.8, 4) is 0 Å². The Hall–Kier alpha value is -0.410. The summed E-state index contributed by atoms with van der Waals surface area (Å²) in [5, 5.41) is 22.0. The summed E-state index contributed by atoms with van der Waals surface area (Å²) < 4.78 is 0. The van der Waals surface area contributed by atoms with E-state index < -0.39 is 0 Å². The molecule has 3 N–H and O–H groups in total. The van der Waals surface area contributed by atoms with Crippen molar-refractivity contribution in [1.82, 2.24) is 0 Å². The van der Waals surface area contributed by atoms with Gasteiger partial charge in [-0.05, 0) is 13.3 Å². The molecule has 0 aromatic carbocycles. The van der Waals surface area contributed by atoms with Crippen LogP contribution in [0.1, 0.15) is 20.3 Å². The fourth-order valence-electron chi connectivity index (χ4n) is 0. The molecule has 56 valence electrons. The first-order valence-electron chi connectivity index (χ1n) is 2.94. The summed E-state index contributed by atoms with van der Waals surface area (Å²) >= 11 is 0. The summed E-state index contributed by atoms with van der Waals surface area (Å²) in [5.41, 5.74) is 0.755. The highest BCUT2D eigenvalue weighted by atomic mass is 16.3. The average Bonchev–Trinajstić information content (AvgIpc) is 1.89. The van der Waals surface area contributed by atoms with Crippen molar-refractivity contribution in [2.45, 2.75) is 20.3 Å². The van der Waals surface area contributed by atoms with E-state index in [1.165, 1.54) is 0 Å². The first-order chi connectivity index (χ1) is 4.18. The zero-order valence-corrected chi connectivity index (χ0v) is 6.02. The van der Waals surface area contributed by atoms with Gasteiger partial charge in [-0.25, -0.2) is 0 Å². The molecule has 0 atom stereocenters. The number of rotatable bonds is 2. The van der Waals surface area contributed by atoms with Crippen LogP contribution in [0.4, 0.5) is 0 Å². The lowest BCUT2D eigenvalue weighted by molar-refractivity contribution is 0.186. The van der Waals surface area contributed by atoms with Crippen LogP contribution in [0.25, 0.3) is 0 Å². The van der Waals surface area contributed by atoms with Gasteiger partial charge in [0.2, 0.25) is 0 Å². The minimum atomic E-state index is -0.125. The monoisotopic (exact) mass is 133 g/mol. The number of hydrogen-bond acceptors (Lipinski definition) is 3. The van der Waals surface area contributed by atoms with E-state index in [4.69, 9.17) is 15.6 Å². The maximum absolute atomic E-state index is 7.62. The summed E-state index contributed by atoms with van der Waals surface area (Å²) in [6, 6.07) is 0. The number of hydrogen-bond donors (Lipinski definition) is 3. The van der Waals surface area contributed by atoms with Crippen molar-refractivity contribution in [2.75, 3.05) is 13.2 Å². The summed E-state index contributed by atoms with van der Waals surface area (Å²) in [4.78, 5) is 0. The largest absolute Gasteiger partial charge is 0.394 e. The molecule has 0 saturated carbocycles. The van der Waals surface area contributed by atoms with Gasteiger partial charge in [0, 0.05) is 5.71 Å². The van der Waals surface area contributed by atoms with Gasteiger partial charge in [-0.1, -0.05) is 6.92 Å². The molecule has 0 rings (SSSR count). The third-order valence-corrected chi connectivity index (χ3v) is 0.630. The number of nitrogens with one attached hydrogen (secondary N) is 1. The second kappa shape index (κ2) is 10.5. The highest BCUT2D eigenvalue weighted by Crippen LogP contribution is 1.72.